The topological polar surface area (TPSA) is 29.5 Å². The van der Waals surface area contributed by atoms with E-state index < -0.39 is 0 Å². The zero-order valence-electron chi connectivity index (χ0n) is 57.1. The lowest BCUT2D eigenvalue weighted by molar-refractivity contribution is 0.454. The van der Waals surface area contributed by atoms with Crippen molar-refractivity contribution < 1.29 is 9.68 Å². The lowest BCUT2D eigenvalue weighted by Gasteiger charge is -2.23. The summed E-state index contributed by atoms with van der Waals surface area (Å²) >= 11 is 3.60. The van der Waals surface area contributed by atoms with Gasteiger partial charge in [-0.05, 0) is 223 Å². The van der Waals surface area contributed by atoms with Crippen LogP contribution in [0.5, 0.6) is 5.75 Å². The molecule has 0 aromatic heterocycles. The fourth-order valence-electron chi connectivity index (χ4n) is 17.4. The van der Waals surface area contributed by atoms with Crippen molar-refractivity contribution in [1.29, 1.82) is 0 Å². The Kier molecular flexibility index (Phi) is 15.5. The minimum absolute atomic E-state index is 0.0600. The maximum atomic E-state index is 9.13. The summed E-state index contributed by atoms with van der Waals surface area (Å²) < 4.78 is 6.41. The SMILES string of the molecule is CC1(C)c2ccc(-c3cccc(-c4c5ccccc5c(-c5cccc6ccccc56)c5ccccc45)c3)cc2-c2ccc3ccccc3c21.CC1(C)c2ccc(Br)cc2-c2ccc3ccccc3c21.O[B]Oc1cccc(-c2c3ccccc3c(-c3cccc4ccccc34)c3ccccc23)c1. The summed E-state index contributed by atoms with van der Waals surface area (Å²) in [7, 11) is 0.721. The first kappa shape index (κ1) is 62.6. The molecule has 0 spiro atoms. The molecule has 0 atom stereocenters. The quantitative estimate of drug-likeness (QED) is 0.127. The molecule has 18 aromatic rings. The summed E-state index contributed by atoms with van der Waals surface area (Å²) in [5.74, 6) is 0.598. The highest BCUT2D eigenvalue weighted by Crippen LogP contribution is 2.55. The molecule has 0 saturated heterocycles. The first-order valence-corrected chi connectivity index (χ1v) is 36.0. The first-order chi connectivity index (χ1) is 50.0. The molecule has 2 aliphatic carbocycles. The fraction of sp³-hybridized carbons (Fsp3) is 0.0612. The average Bonchev–Trinajstić information content (AvgIpc) is 1.45. The molecule has 1 radical (unpaired) electrons. The molecule has 0 heterocycles. The van der Waals surface area contributed by atoms with Crippen LogP contribution in [0.2, 0.25) is 0 Å². The van der Waals surface area contributed by atoms with Crippen LogP contribution in [-0.4, -0.2) is 12.7 Å². The molecule has 0 fully saturated rings. The number of benzene rings is 18. The van der Waals surface area contributed by atoms with Gasteiger partial charge in [0.05, 0.1) is 0 Å². The van der Waals surface area contributed by atoms with Gasteiger partial charge >= 0.3 is 7.69 Å². The average molecular weight is 1370 g/mol. The molecule has 4 heteroatoms. The van der Waals surface area contributed by atoms with E-state index >= 15 is 0 Å². The Morgan fingerprint density at radius 3 is 1.04 bits per heavy atom. The van der Waals surface area contributed by atoms with Crippen molar-refractivity contribution in [3.8, 4) is 83.6 Å². The Hall–Kier alpha value is -11.7. The minimum atomic E-state index is -0.0600. The van der Waals surface area contributed by atoms with Crippen molar-refractivity contribution in [3.63, 3.8) is 0 Å². The van der Waals surface area contributed by atoms with E-state index in [1.807, 2.05) is 18.2 Å². The second-order valence-corrected chi connectivity index (χ2v) is 29.1. The molecule has 0 bridgehead atoms. The Labute approximate surface area is 603 Å². The minimum Gasteiger partial charge on any atom is -0.537 e. The van der Waals surface area contributed by atoms with Crippen molar-refractivity contribution in [2.24, 2.45) is 0 Å². The van der Waals surface area contributed by atoms with Crippen LogP contribution >= 0.6 is 15.9 Å². The maximum absolute atomic E-state index is 9.13. The van der Waals surface area contributed by atoms with Crippen molar-refractivity contribution in [3.05, 3.63) is 366 Å². The molecular formula is C98H69BBrO2. The fourth-order valence-corrected chi connectivity index (χ4v) is 17.7. The van der Waals surface area contributed by atoms with Gasteiger partial charge in [0.1, 0.15) is 5.75 Å². The smallest absolute Gasteiger partial charge is 0.537 e. The highest BCUT2D eigenvalue weighted by Gasteiger charge is 2.38. The molecule has 20 rings (SSSR count). The molecule has 1 N–H and O–H groups in total. The number of hydrogen-bond donors (Lipinski definition) is 1. The second-order valence-electron chi connectivity index (χ2n) is 28.2. The van der Waals surface area contributed by atoms with Crippen LogP contribution in [0, 0.1) is 0 Å². The molecule has 102 heavy (non-hydrogen) atoms. The van der Waals surface area contributed by atoms with E-state index in [0.717, 1.165) is 23.3 Å². The van der Waals surface area contributed by atoms with E-state index in [9.17, 15) is 0 Å². The molecule has 2 aliphatic rings. The number of fused-ring (bicyclic) bond motifs is 16. The molecule has 0 aliphatic heterocycles. The summed E-state index contributed by atoms with van der Waals surface area (Å²) in [6.07, 6.45) is 0. The van der Waals surface area contributed by atoms with Gasteiger partial charge in [-0.3, -0.25) is 0 Å². The molecule has 483 valence electrons. The Morgan fingerprint density at radius 2 is 0.588 bits per heavy atom. The van der Waals surface area contributed by atoms with Crippen LogP contribution in [0.4, 0.5) is 0 Å². The van der Waals surface area contributed by atoms with Gasteiger partial charge in [0.2, 0.25) is 0 Å². The number of rotatable bonds is 7. The summed E-state index contributed by atoms with van der Waals surface area (Å²) in [6.45, 7) is 9.42. The van der Waals surface area contributed by atoms with E-state index in [1.165, 1.54) is 175 Å². The summed E-state index contributed by atoms with van der Waals surface area (Å²) in [5, 5.41) is 29.4. The van der Waals surface area contributed by atoms with Crippen molar-refractivity contribution in [2.75, 3.05) is 0 Å². The zero-order valence-corrected chi connectivity index (χ0v) is 58.7. The third kappa shape index (κ3) is 10.3. The van der Waals surface area contributed by atoms with Crippen LogP contribution in [0.1, 0.15) is 49.9 Å². The zero-order chi connectivity index (χ0) is 68.8. The lowest BCUT2D eigenvalue weighted by Crippen LogP contribution is -2.15. The van der Waals surface area contributed by atoms with E-state index in [-0.39, 0.29) is 10.8 Å². The molecule has 18 aromatic carbocycles. The normalized spacial score (nSPS) is 13.0. The maximum Gasteiger partial charge on any atom is 0.569 e. The highest BCUT2D eigenvalue weighted by molar-refractivity contribution is 9.10. The molecular weight excluding hydrogens is 1300 g/mol. The molecule has 0 saturated carbocycles. The first-order valence-electron chi connectivity index (χ1n) is 35.2. The Balaban J connectivity index is 0.000000121. The molecule has 0 amide bonds. The Bertz CT molecular complexity index is 6310. The monoisotopic (exact) mass is 1370 g/mol. The van der Waals surface area contributed by atoms with Crippen molar-refractivity contribution >= 4 is 110 Å². The van der Waals surface area contributed by atoms with Gasteiger partial charge in [-0.1, -0.05) is 347 Å². The van der Waals surface area contributed by atoms with Crippen molar-refractivity contribution in [1.82, 2.24) is 0 Å². The van der Waals surface area contributed by atoms with Gasteiger partial charge in [-0.2, -0.15) is 0 Å². The third-order valence-electron chi connectivity index (χ3n) is 21.8. The highest BCUT2D eigenvalue weighted by atomic mass is 79.9. The predicted octanol–water partition coefficient (Wildman–Crippen LogP) is 26.9. The summed E-state index contributed by atoms with van der Waals surface area (Å²) in [4.78, 5) is 0. The van der Waals surface area contributed by atoms with Crippen LogP contribution in [0.15, 0.2) is 344 Å². The van der Waals surface area contributed by atoms with Crippen LogP contribution in [-0.2, 0) is 10.8 Å². The van der Waals surface area contributed by atoms with Gasteiger partial charge in [0, 0.05) is 15.3 Å². The molecule has 0 unspecified atom stereocenters. The molecule has 2 nitrogen and oxygen atoms in total. The number of halogens is 1. The Morgan fingerprint density at radius 1 is 0.255 bits per heavy atom. The predicted molar refractivity (Wildman–Crippen MR) is 438 cm³/mol. The largest absolute Gasteiger partial charge is 0.569 e. The van der Waals surface area contributed by atoms with E-state index in [4.69, 9.17) is 9.68 Å². The summed E-state index contributed by atoms with van der Waals surface area (Å²) in [6, 6.07) is 123. The van der Waals surface area contributed by atoms with Crippen molar-refractivity contribution in [2.45, 2.75) is 38.5 Å². The van der Waals surface area contributed by atoms with E-state index in [1.54, 1.807) is 0 Å². The number of hydrogen-bond acceptors (Lipinski definition) is 2. The van der Waals surface area contributed by atoms with Gasteiger partial charge in [-0.15, -0.1) is 0 Å². The third-order valence-corrected chi connectivity index (χ3v) is 22.3. The van der Waals surface area contributed by atoms with Crippen LogP contribution in [0.25, 0.3) is 164 Å². The van der Waals surface area contributed by atoms with Crippen LogP contribution < -0.4 is 4.65 Å². The van der Waals surface area contributed by atoms with Gasteiger partial charge in [-0.25, -0.2) is 0 Å². The van der Waals surface area contributed by atoms with Gasteiger partial charge in [0.25, 0.3) is 0 Å². The summed E-state index contributed by atoms with van der Waals surface area (Å²) in [5.41, 5.74) is 23.5. The lowest BCUT2D eigenvalue weighted by atomic mass is 9.80. The van der Waals surface area contributed by atoms with Gasteiger partial charge in [0.15, 0.2) is 0 Å². The van der Waals surface area contributed by atoms with Crippen LogP contribution in [0.3, 0.4) is 0 Å². The second kappa shape index (κ2) is 25.2. The standard InChI is InChI=1S/C49H34.C30H20BO2.C19H15Br/c1-49(2)45-28-26-34(30-44(45)43-27-25-32-14-4-6-19-37(32)48(43)49)33-16-11-17-35(29-33)46-39-20-7-9-22-41(39)47(42-23-10-8-21-40(42)46)38-24-12-15-31-13-3-5-18-36(31)38;32-31-33-22-12-7-11-21(19-22)29-25-14-3-5-16-27(25)30(28-17-6-4-15-26(28)29)24-18-8-10-20-9-1-2-13-23(20)24;1-19(2)17-10-8-13(20)11-16(17)15-9-7-12-5-3-4-6-14(12)18(15)19/h3-30H,1-2H3;1-19,32H;3-11H,1-2H3. The van der Waals surface area contributed by atoms with E-state index in [2.05, 4.69) is 365 Å². The van der Waals surface area contributed by atoms with Gasteiger partial charge < -0.3 is 9.68 Å². The van der Waals surface area contributed by atoms with E-state index in [0.29, 0.717) is 5.75 Å².